The van der Waals surface area contributed by atoms with Crippen LogP contribution in [0.5, 0.6) is 11.5 Å². The third-order valence-electron chi connectivity index (χ3n) is 5.78. The second-order valence-electron chi connectivity index (χ2n) is 8.24. The Bertz CT molecular complexity index is 939. The Balaban J connectivity index is 1.64. The summed E-state index contributed by atoms with van der Waals surface area (Å²) in [5.41, 5.74) is 1.49. The Labute approximate surface area is 188 Å². The summed E-state index contributed by atoms with van der Waals surface area (Å²) < 4.78 is 5.32. The smallest absolute Gasteiger partial charge is 0.252 e. The molecular formula is C24H29ClN2O4. The molecule has 3 rings (SSSR count). The van der Waals surface area contributed by atoms with E-state index >= 15 is 0 Å². The van der Waals surface area contributed by atoms with Gasteiger partial charge in [0.15, 0.2) is 0 Å². The molecule has 0 radical (unpaired) electrons. The van der Waals surface area contributed by atoms with E-state index in [4.69, 9.17) is 16.3 Å². The average Bonchev–Trinajstić information content (AvgIpc) is 2.77. The molecule has 0 unspecified atom stereocenters. The Kier molecular flexibility index (Phi) is 7.44. The molecule has 2 N–H and O–H groups in total. The number of amides is 2. The molecule has 2 aromatic rings. The van der Waals surface area contributed by atoms with Crippen LogP contribution in [0.3, 0.4) is 0 Å². The molecule has 0 saturated carbocycles. The van der Waals surface area contributed by atoms with E-state index in [2.05, 4.69) is 5.32 Å². The highest BCUT2D eigenvalue weighted by Crippen LogP contribution is 2.33. The lowest BCUT2D eigenvalue weighted by molar-refractivity contribution is -0.135. The van der Waals surface area contributed by atoms with Crippen molar-refractivity contribution in [3.63, 3.8) is 0 Å². The number of aromatic hydroxyl groups is 1. The fraction of sp³-hybridized carbons (Fsp3) is 0.417. The maximum atomic E-state index is 13.2. The highest BCUT2D eigenvalue weighted by Gasteiger charge is 2.32. The molecule has 0 aliphatic carbocycles. The fourth-order valence-corrected chi connectivity index (χ4v) is 4.14. The number of benzene rings is 2. The first-order chi connectivity index (χ1) is 14.8. The third kappa shape index (κ3) is 5.50. The van der Waals surface area contributed by atoms with Crippen molar-refractivity contribution in [1.82, 2.24) is 10.2 Å². The number of phenols is 1. The summed E-state index contributed by atoms with van der Waals surface area (Å²) in [6, 6.07) is 11.3. The number of nitrogens with zero attached hydrogens (tertiary/aromatic N) is 1. The van der Waals surface area contributed by atoms with Gasteiger partial charge in [-0.3, -0.25) is 9.59 Å². The van der Waals surface area contributed by atoms with Gasteiger partial charge in [-0.05, 0) is 60.6 Å². The van der Waals surface area contributed by atoms with Gasteiger partial charge in [0.05, 0.1) is 12.1 Å². The molecule has 1 atom stereocenters. The number of carbonyl (C=O) groups excluding carboxylic acids is 2. The van der Waals surface area contributed by atoms with Crippen molar-refractivity contribution in [2.24, 2.45) is 5.92 Å². The van der Waals surface area contributed by atoms with Gasteiger partial charge in [-0.2, -0.15) is 0 Å². The van der Waals surface area contributed by atoms with Crippen LogP contribution in [-0.4, -0.2) is 48.1 Å². The molecule has 166 valence electrons. The lowest BCUT2D eigenvalue weighted by atomic mass is 9.88. The number of phenolic OH excluding ortho intramolecular Hbond substituents is 1. The Morgan fingerprint density at radius 3 is 2.48 bits per heavy atom. The highest BCUT2D eigenvalue weighted by atomic mass is 35.5. The topological polar surface area (TPSA) is 78.9 Å². The molecule has 31 heavy (non-hydrogen) atoms. The molecule has 0 spiro atoms. The number of methoxy groups -OCH3 is 1. The predicted octanol–water partition coefficient (Wildman–Crippen LogP) is 4.21. The normalized spacial score (nSPS) is 15.6. The summed E-state index contributed by atoms with van der Waals surface area (Å²) in [5, 5.41) is 13.0. The Morgan fingerprint density at radius 1 is 1.16 bits per heavy atom. The molecule has 2 amide bonds. The molecule has 6 nitrogen and oxygen atoms in total. The van der Waals surface area contributed by atoms with Crippen LogP contribution in [0.4, 0.5) is 0 Å². The summed E-state index contributed by atoms with van der Waals surface area (Å²) in [4.78, 5) is 27.6. The SMILES string of the molecule is COc1cc(C2CCN(C(=O)[C@H](NC(=O)c3cccc(O)c3)C(C)C)CC2)ccc1Cl. The fourth-order valence-electron chi connectivity index (χ4n) is 3.95. The quantitative estimate of drug-likeness (QED) is 0.699. The lowest BCUT2D eigenvalue weighted by Crippen LogP contribution is -2.52. The van der Waals surface area contributed by atoms with Gasteiger partial charge in [-0.15, -0.1) is 0 Å². The summed E-state index contributed by atoms with van der Waals surface area (Å²) in [6.07, 6.45) is 1.67. The van der Waals surface area contributed by atoms with Crippen molar-refractivity contribution >= 4 is 23.4 Å². The van der Waals surface area contributed by atoms with Crippen molar-refractivity contribution in [3.8, 4) is 11.5 Å². The number of nitrogens with one attached hydrogen (secondary N) is 1. The van der Waals surface area contributed by atoms with Crippen LogP contribution in [0.1, 0.15) is 48.5 Å². The van der Waals surface area contributed by atoms with Gasteiger partial charge in [0.1, 0.15) is 17.5 Å². The Hall–Kier alpha value is -2.73. The standard InChI is InChI=1S/C24H29ClN2O4/c1-15(2)22(26-23(29)18-5-4-6-19(28)13-18)24(30)27-11-9-16(10-12-27)17-7-8-20(25)21(14-17)31-3/h4-8,13-16,22,28H,9-12H2,1-3H3,(H,26,29)/t22-/m1/s1. The molecule has 2 aromatic carbocycles. The second kappa shape index (κ2) is 10.1. The van der Waals surface area contributed by atoms with E-state index < -0.39 is 6.04 Å². The van der Waals surface area contributed by atoms with Crippen LogP contribution in [0.25, 0.3) is 0 Å². The van der Waals surface area contributed by atoms with Crippen molar-refractivity contribution in [3.05, 3.63) is 58.6 Å². The minimum atomic E-state index is -0.623. The van der Waals surface area contributed by atoms with Crippen molar-refractivity contribution in [1.29, 1.82) is 0 Å². The lowest BCUT2D eigenvalue weighted by Gasteiger charge is -2.35. The number of hydrogen-bond acceptors (Lipinski definition) is 4. The van der Waals surface area contributed by atoms with Crippen LogP contribution >= 0.6 is 11.6 Å². The van der Waals surface area contributed by atoms with E-state index in [9.17, 15) is 14.7 Å². The number of halogens is 1. The van der Waals surface area contributed by atoms with Crippen LogP contribution in [-0.2, 0) is 4.79 Å². The van der Waals surface area contributed by atoms with Gasteiger partial charge in [0, 0.05) is 18.7 Å². The van der Waals surface area contributed by atoms with Gasteiger partial charge >= 0.3 is 0 Å². The van der Waals surface area contributed by atoms with Gasteiger partial charge in [-0.25, -0.2) is 0 Å². The number of likely N-dealkylation sites (tertiary alicyclic amines) is 1. The van der Waals surface area contributed by atoms with Crippen LogP contribution in [0, 0.1) is 5.92 Å². The van der Waals surface area contributed by atoms with Crippen LogP contribution in [0.15, 0.2) is 42.5 Å². The van der Waals surface area contributed by atoms with E-state index in [0.29, 0.717) is 35.3 Å². The van der Waals surface area contributed by atoms with Crippen LogP contribution < -0.4 is 10.1 Å². The molecule has 7 heteroatoms. The van der Waals surface area contributed by atoms with E-state index in [1.807, 2.05) is 36.9 Å². The monoisotopic (exact) mass is 444 g/mol. The molecule has 1 saturated heterocycles. The molecule has 1 aliphatic heterocycles. The number of carbonyl (C=O) groups is 2. The zero-order valence-electron chi connectivity index (χ0n) is 18.1. The van der Waals surface area contributed by atoms with Gasteiger partial charge in [0.2, 0.25) is 5.91 Å². The Morgan fingerprint density at radius 2 is 1.87 bits per heavy atom. The van der Waals surface area contributed by atoms with Gasteiger partial charge in [0.25, 0.3) is 5.91 Å². The second-order valence-corrected chi connectivity index (χ2v) is 8.65. The largest absolute Gasteiger partial charge is 0.508 e. The predicted molar refractivity (Wildman–Crippen MR) is 121 cm³/mol. The summed E-state index contributed by atoms with van der Waals surface area (Å²) >= 11 is 6.13. The first kappa shape index (κ1) is 22.9. The van der Waals surface area contributed by atoms with Crippen molar-refractivity contribution < 1.29 is 19.4 Å². The number of ether oxygens (including phenoxy) is 1. The molecular weight excluding hydrogens is 416 g/mol. The molecule has 0 bridgehead atoms. The maximum absolute atomic E-state index is 13.2. The minimum absolute atomic E-state index is 0.0148. The van der Waals surface area contributed by atoms with E-state index in [-0.39, 0.29) is 23.5 Å². The van der Waals surface area contributed by atoms with Crippen molar-refractivity contribution in [2.45, 2.75) is 38.6 Å². The van der Waals surface area contributed by atoms with Crippen LogP contribution in [0.2, 0.25) is 5.02 Å². The average molecular weight is 445 g/mol. The van der Waals surface area contributed by atoms with E-state index in [0.717, 1.165) is 18.4 Å². The highest BCUT2D eigenvalue weighted by molar-refractivity contribution is 6.32. The zero-order chi connectivity index (χ0) is 22.5. The molecule has 0 aromatic heterocycles. The first-order valence-corrected chi connectivity index (χ1v) is 10.9. The van der Waals surface area contributed by atoms with E-state index in [1.165, 1.54) is 12.1 Å². The summed E-state index contributed by atoms with van der Waals surface area (Å²) in [7, 11) is 1.60. The number of rotatable bonds is 6. The molecule has 1 heterocycles. The number of piperidine rings is 1. The van der Waals surface area contributed by atoms with E-state index in [1.54, 1.807) is 19.2 Å². The summed E-state index contributed by atoms with van der Waals surface area (Å²) in [5.74, 6) is 0.497. The third-order valence-corrected chi connectivity index (χ3v) is 6.09. The molecule has 1 fully saturated rings. The van der Waals surface area contributed by atoms with Crippen molar-refractivity contribution in [2.75, 3.05) is 20.2 Å². The minimum Gasteiger partial charge on any atom is -0.508 e. The number of hydrogen-bond donors (Lipinski definition) is 2. The zero-order valence-corrected chi connectivity index (χ0v) is 18.9. The van der Waals surface area contributed by atoms with Gasteiger partial charge < -0.3 is 20.1 Å². The maximum Gasteiger partial charge on any atom is 0.252 e. The van der Waals surface area contributed by atoms with Gasteiger partial charge in [-0.1, -0.05) is 37.6 Å². The first-order valence-electron chi connectivity index (χ1n) is 10.5. The summed E-state index contributed by atoms with van der Waals surface area (Å²) in [6.45, 7) is 5.08. The molecule has 1 aliphatic rings.